The molecular weight excluding hydrogens is 270 g/mol. The Morgan fingerprint density at radius 2 is 2.00 bits per heavy atom. The van der Waals surface area contributed by atoms with Gasteiger partial charge in [0.2, 0.25) is 11.7 Å². The number of hydrogen-bond acceptors (Lipinski definition) is 6. The highest BCUT2D eigenvalue weighted by molar-refractivity contribution is 5.56. The Morgan fingerprint density at radius 3 is 2.62 bits per heavy atom. The highest BCUT2D eigenvalue weighted by Gasteiger charge is 2.47. The lowest BCUT2D eigenvalue weighted by Gasteiger charge is -2.23. The molecule has 0 N–H and O–H groups in total. The fraction of sp³-hybridized carbons (Fsp3) is 0.533. The Kier molecular flexibility index (Phi) is 3.41. The van der Waals surface area contributed by atoms with Gasteiger partial charge in [0.05, 0.1) is 7.11 Å². The molecule has 0 saturated heterocycles. The molecule has 6 heteroatoms. The SMILES string of the molecule is COc1cc(-c2noc(C(C)(OC)C3CC3)n2)cc(C)n1. The van der Waals surface area contributed by atoms with Crippen molar-refractivity contribution in [2.75, 3.05) is 14.2 Å². The number of ether oxygens (including phenoxy) is 2. The van der Waals surface area contributed by atoms with Crippen molar-refractivity contribution in [1.82, 2.24) is 15.1 Å². The van der Waals surface area contributed by atoms with Gasteiger partial charge in [0.15, 0.2) is 0 Å². The summed E-state index contributed by atoms with van der Waals surface area (Å²) in [5.41, 5.74) is 1.16. The predicted molar refractivity (Wildman–Crippen MR) is 75.9 cm³/mol. The molecule has 3 rings (SSSR count). The van der Waals surface area contributed by atoms with Gasteiger partial charge in [-0.25, -0.2) is 4.98 Å². The summed E-state index contributed by atoms with van der Waals surface area (Å²) >= 11 is 0. The van der Waals surface area contributed by atoms with Gasteiger partial charge in [-0.1, -0.05) is 5.16 Å². The first-order valence-corrected chi connectivity index (χ1v) is 6.99. The zero-order valence-electron chi connectivity index (χ0n) is 12.7. The van der Waals surface area contributed by atoms with Crippen LogP contribution in [0.2, 0.25) is 0 Å². The van der Waals surface area contributed by atoms with Crippen LogP contribution in [0.25, 0.3) is 11.4 Å². The first-order valence-electron chi connectivity index (χ1n) is 6.99. The summed E-state index contributed by atoms with van der Waals surface area (Å²) in [6.45, 7) is 3.90. The van der Waals surface area contributed by atoms with Crippen LogP contribution >= 0.6 is 0 Å². The second-order valence-corrected chi connectivity index (χ2v) is 5.55. The highest BCUT2D eigenvalue weighted by atomic mass is 16.5. The highest BCUT2D eigenvalue weighted by Crippen LogP contribution is 2.47. The average molecular weight is 289 g/mol. The molecule has 1 fully saturated rings. The summed E-state index contributed by atoms with van der Waals surface area (Å²) in [6, 6.07) is 3.70. The van der Waals surface area contributed by atoms with Crippen molar-refractivity contribution in [2.45, 2.75) is 32.3 Å². The maximum absolute atomic E-state index is 5.63. The summed E-state index contributed by atoms with van der Waals surface area (Å²) in [7, 11) is 3.27. The van der Waals surface area contributed by atoms with Crippen LogP contribution in [-0.4, -0.2) is 29.3 Å². The Balaban J connectivity index is 1.96. The molecule has 112 valence electrons. The minimum atomic E-state index is -0.503. The number of hydrogen-bond donors (Lipinski definition) is 0. The first-order chi connectivity index (χ1) is 10.1. The number of nitrogens with zero attached hydrogens (tertiary/aromatic N) is 3. The number of rotatable bonds is 5. The van der Waals surface area contributed by atoms with Crippen LogP contribution in [0.15, 0.2) is 16.7 Å². The third kappa shape index (κ3) is 2.51. The van der Waals surface area contributed by atoms with Gasteiger partial charge >= 0.3 is 0 Å². The predicted octanol–water partition coefficient (Wildman–Crippen LogP) is 2.72. The van der Waals surface area contributed by atoms with Gasteiger partial charge in [-0.05, 0) is 38.7 Å². The fourth-order valence-corrected chi connectivity index (χ4v) is 2.48. The van der Waals surface area contributed by atoms with Gasteiger partial charge in [0.1, 0.15) is 5.60 Å². The lowest BCUT2D eigenvalue weighted by Crippen LogP contribution is -2.27. The van der Waals surface area contributed by atoms with Gasteiger partial charge < -0.3 is 14.0 Å². The normalized spacial score (nSPS) is 17.5. The quantitative estimate of drug-likeness (QED) is 0.843. The molecule has 0 spiro atoms. The van der Waals surface area contributed by atoms with Crippen molar-refractivity contribution in [3.05, 3.63) is 23.7 Å². The molecule has 2 aromatic rings. The molecule has 21 heavy (non-hydrogen) atoms. The van der Waals surface area contributed by atoms with Gasteiger partial charge in [-0.3, -0.25) is 0 Å². The molecule has 0 bridgehead atoms. The Morgan fingerprint density at radius 1 is 1.24 bits per heavy atom. The van der Waals surface area contributed by atoms with Gasteiger partial charge in [0.25, 0.3) is 5.89 Å². The lowest BCUT2D eigenvalue weighted by molar-refractivity contribution is -0.0429. The van der Waals surface area contributed by atoms with Crippen molar-refractivity contribution >= 4 is 0 Å². The molecule has 0 aromatic carbocycles. The molecule has 2 heterocycles. The molecule has 1 saturated carbocycles. The summed E-state index contributed by atoms with van der Waals surface area (Å²) in [5.74, 6) is 2.03. The second kappa shape index (κ2) is 5.11. The average Bonchev–Trinajstić information content (AvgIpc) is 3.23. The monoisotopic (exact) mass is 289 g/mol. The molecule has 2 aromatic heterocycles. The van der Waals surface area contributed by atoms with Crippen LogP contribution in [0, 0.1) is 12.8 Å². The third-order valence-corrected chi connectivity index (χ3v) is 4.03. The van der Waals surface area contributed by atoms with E-state index in [1.165, 1.54) is 0 Å². The third-order valence-electron chi connectivity index (χ3n) is 4.03. The zero-order chi connectivity index (χ0) is 15.0. The first kappa shape index (κ1) is 14.0. The van der Waals surface area contributed by atoms with Gasteiger partial charge in [-0.2, -0.15) is 4.98 Å². The van der Waals surface area contributed by atoms with Crippen molar-refractivity contribution in [2.24, 2.45) is 5.92 Å². The van der Waals surface area contributed by atoms with Crippen LogP contribution in [0.3, 0.4) is 0 Å². The molecule has 0 aliphatic heterocycles. The van der Waals surface area contributed by atoms with Crippen LogP contribution in [0.4, 0.5) is 0 Å². The van der Waals surface area contributed by atoms with Crippen LogP contribution < -0.4 is 4.74 Å². The van der Waals surface area contributed by atoms with Crippen molar-refractivity contribution in [3.63, 3.8) is 0 Å². The standard InChI is InChI=1S/C15H19N3O3/c1-9-7-10(8-12(16-9)19-3)13-17-14(21-18-13)15(2,20-4)11-5-6-11/h7-8,11H,5-6H2,1-4H3. The molecular formula is C15H19N3O3. The van der Waals surface area contributed by atoms with Crippen molar-refractivity contribution in [3.8, 4) is 17.3 Å². The van der Waals surface area contributed by atoms with E-state index in [0.29, 0.717) is 23.5 Å². The maximum Gasteiger partial charge on any atom is 0.259 e. The molecule has 1 atom stereocenters. The Bertz CT molecular complexity index is 651. The molecule has 1 aliphatic carbocycles. The largest absolute Gasteiger partial charge is 0.481 e. The summed E-state index contributed by atoms with van der Waals surface area (Å²) in [6.07, 6.45) is 2.26. The van der Waals surface area contributed by atoms with Crippen LogP contribution in [-0.2, 0) is 10.3 Å². The number of pyridine rings is 1. The van der Waals surface area contributed by atoms with E-state index in [2.05, 4.69) is 15.1 Å². The van der Waals surface area contributed by atoms with Crippen LogP contribution in [0.1, 0.15) is 31.4 Å². The van der Waals surface area contributed by atoms with E-state index in [4.69, 9.17) is 14.0 Å². The van der Waals surface area contributed by atoms with Crippen molar-refractivity contribution in [1.29, 1.82) is 0 Å². The summed E-state index contributed by atoms with van der Waals surface area (Å²) < 4.78 is 16.3. The Hall–Kier alpha value is -1.95. The Labute approximate surface area is 123 Å². The molecule has 1 unspecified atom stereocenters. The number of aromatic nitrogens is 3. The summed E-state index contributed by atoms with van der Waals surface area (Å²) in [5, 5.41) is 4.08. The fourth-order valence-electron chi connectivity index (χ4n) is 2.48. The van der Waals surface area contributed by atoms with E-state index in [1.807, 2.05) is 19.9 Å². The number of methoxy groups -OCH3 is 2. The van der Waals surface area contributed by atoms with E-state index in [0.717, 1.165) is 24.1 Å². The minimum Gasteiger partial charge on any atom is -0.481 e. The second-order valence-electron chi connectivity index (χ2n) is 5.55. The topological polar surface area (TPSA) is 70.3 Å². The van der Waals surface area contributed by atoms with Gasteiger partial charge in [0, 0.05) is 24.4 Å². The van der Waals surface area contributed by atoms with E-state index >= 15 is 0 Å². The lowest BCUT2D eigenvalue weighted by atomic mass is 10.0. The zero-order valence-corrected chi connectivity index (χ0v) is 12.7. The molecule has 1 aliphatic rings. The minimum absolute atomic E-state index is 0.449. The smallest absolute Gasteiger partial charge is 0.259 e. The molecule has 0 radical (unpaired) electrons. The van der Waals surface area contributed by atoms with E-state index in [9.17, 15) is 0 Å². The summed E-state index contributed by atoms with van der Waals surface area (Å²) in [4.78, 5) is 8.77. The number of aryl methyl sites for hydroxylation is 1. The maximum atomic E-state index is 5.63. The van der Waals surface area contributed by atoms with E-state index < -0.39 is 5.60 Å². The van der Waals surface area contributed by atoms with E-state index in [1.54, 1.807) is 20.3 Å². The molecule has 0 amide bonds. The molecule has 6 nitrogen and oxygen atoms in total. The van der Waals surface area contributed by atoms with Gasteiger partial charge in [-0.15, -0.1) is 0 Å². The van der Waals surface area contributed by atoms with E-state index in [-0.39, 0.29) is 0 Å². The van der Waals surface area contributed by atoms with Crippen molar-refractivity contribution < 1.29 is 14.0 Å². The van der Waals surface area contributed by atoms with Crippen LogP contribution in [0.5, 0.6) is 5.88 Å².